The van der Waals surface area contributed by atoms with Crippen molar-refractivity contribution in [1.82, 2.24) is 25.5 Å². The summed E-state index contributed by atoms with van der Waals surface area (Å²) in [6.45, 7) is 0.507. The smallest absolute Gasteiger partial charge is 0.302 e. The number of aliphatic hydroxyl groups excluding tert-OH is 1. The highest BCUT2D eigenvalue weighted by atomic mass is 19.3. The van der Waals surface area contributed by atoms with Gasteiger partial charge < -0.3 is 10.0 Å². The van der Waals surface area contributed by atoms with Crippen LogP contribution in [0.2, 0.25) is 0 Å². The van der Waals surface area contributed by atoms with Crippen LogP contribution in [0, 0.1) is 0 Å². The zero-order valence-electron chi connectivity index (χ0n) is 17.9. The molecule has 0 aliphatic carbocycles. The van der Waals surface area contributed by atoms with Gasteiger partial charge >= 0.3 is 5.92 Å². The van der Waals surface area contributed by atoms with E-state index in [0.29, 0.717) is 25.2 Å². The third kappa shape index (κ3) is 5.31. The first-order valence-corrected chi connectivity index (χ1v) is 10.9. The predicted octanol–water partition coefficient (Wildman–Crippen LogP) is 3.50. The van der Waals surface area contributed by atoms with E-state index >= 15 is 0 Å². The van der Waals surface area contributed by atoms with E-state index < -0.39 is 12.0 Å². The van der Waals surface area contributed by atoms with Gasteiger partial charge in [0.05, 0.1) is 6.04 Å². The maximum Gasteiger partial charge on any atom is 0.302 e. The molecule has 9 heteroatoms. The van der Waals surface area contributed by atoms with Gasteiger partial charge in [0.25, 0.3) is 0 Å². The lowest BCUT2D eigenvalue weighted by Gasteiger charge is -2.24. The summed E-state index contributed by atoms with van der Waals surface area (Å²) in [5.41, 5.74) is 1.72. The molecule has 7 nitrogen and oxygen atoms in total. The first-order valence-electron chi connectivity index (χ1n) is 10.9. The average molecular weight is 453 g/mol. The molecule has 0 radical (unpaired) electrons. The Bertz CT molecular complexity index is 1090. The Morgan fingerprint density at radius 2 is 2.03 bits per heavy atom. The van der Waals surface area contributed by atoms with Crippen LogP contribution in [0.25, 0.3) is 11.4 Å². The average Bonchev–Trinajstić information content (AvgIpc) is 3.49. The van der Waals surface area contributed by atoms with Gasteiger partial charge in [-0.1, -0.05) is 60.7 Å². The number of alkyl halides is 2. The van der Waals surface area contributed by atoms with Crippen molar-refractivity contribution in [3.63, 3.8) is 0 Å². The third-order valence-electron chi connectivity index (χ3n) is 5.83. The van der Waals surface area contributed by atoms with Crippen molar-refractivity contribution in [1.29, 1.82) is 0 Å². The minimum absolute atomic E-state index is 0.00422. The van der Waals surface area contributed by atoms with Crippen molar-refractivity contribution in [3.8, 4) is 11.4 Å². The molecule has 1 saturated heterocycles. The van der Waals surface area contributed by atoms with Gasteiger partial charge in [0.1, 0.15) is 6.10 Å². The number of carbonyl (C=O) groups is 1. The van der Waals surface area contributed by atoms with Gasteiger partial charge in [0.2, 0.25) is 5.91 Å². The second-order valence-corrected chi connectivity index (χ2v) is 8.07. The minimum Gasteiger partial charge on any atom is -0.382 e. The lowest BCUT2D eigenvalue weighted by atomic mass is 10.0. The topological polar surface area (TPSA) is 95.0 Å². The van der Waals surface area contributed by atoms with E-state index in [9.17, 15) is 18.7 Å². The van der Waals surface area contributed by atoms with E-state index in [1.807, 2.05) is 24.3 Å². The van der Waals surface area contributed by atoms with E-state index in [2.05, 4.69) is 20.6 Å². The molecule has 2 N–H and O–H groups in total. The summed E-state index contributed by atoms with van der Waals surface area (Å²) in [7, 11) is 0. The van der Waals surface area contributed by atoms with Gasteiger partial charge in [-0.15, -0.1) is 5.10 Å². The molecule has 0 saturated carbocycles. The molecule has 2 atom stereocenters. The summed E-state index contributed by atoms with van der Waals surface area (Å²) in [6.07, 6.45) is 3.05. The van der Waals surface area contributed by atoms with Gasteiger partial charge in [0, 0.05) is 24.1 Å². The molecule has 2 aromatic carbocycles. The number of aromatic amines is 1. The number of nitrogens with zero attached hydrogens (tertiary/aromatic N) is 4. The standard InChI is InChI=1S/C24H25F2N5O2/c25-24(26,19-9-2-1-3-10-19)21(32)13-11-20-12-14-22(33)31(20)15-5-7-17-6-4-8-18(16-17)23-27-29-30-28-23/h1-4,6,8-11,13,16,20-21,32H,5,7,12,14-15H2,(H,27,28,29,30)/b13-11+/t20-,21?/m0/s1. The van der Waals surface area contributed by atoms with Crippen LogP contribution < -0.4 is 0 Å². The Balaban J connectivity index is 1.35. The molecule has 1 aromatic heterocycles. The van der Waals surface area contributed by atoms with Crippen LogP contribution in [-0.4, -0.2) is 55.2 Å². The largest absolute Gasteiger partial charge is 0.382 e. The minimum atomic E-state index is -3.41. The molecule has 33 heavy (non-hydrogen) atoms. The number of aromatic nitrogens is 4. The van der Waals surface area contributed by atoms with E-state index in [1.165, 1.54) is 30.3 Å². The number of H-pyrrole nitrogens is 1. The first-order chi connectivity index (χ1) is 15.9. The van der Waals surface area contributed by atoms with Crippen molar-refractivity contribution < 1.29 is 18.7 Å². The fourth-order valence-corrected chi connectivity index (χ4v) is 4.04. The molecule has 172 valence electrons. The van der Waals surface area contributed by atoms with Crippen LogP contribution in [0.3, 0.4) is 0 Å². The van der Waals surface area contributed by atoms with Crippen molar-refractivity contribution in [2.75, 3.05) is 6.54 Å². The lowest BCUT2D eigenvalue weighted by molar-refractivity contribution is -0.128. The fraction of sp³-hybridized carbons (Fsp3) is 0.333. The van der Waals surface area contributed by atoms with E-state index in [1.54, 1.807) is 11.0 Å². The Hall–Kier alpha value is -3.46. The number of hydrogen-bond donors (Lipinski definition) is 2. The number of benzene rings is 2. The predicted molar refractivity (Wildman–Crippen MR) is 118 cm³/mol. The monoisotopic (exact) mass is 453 g/mol. The summed E-state index contributed by atoms with van der Waals surface area (Å²) in [5.74, 6) is -2.83. The molecular weight excluding hydrogens is 428 g/mol. The zero-order chi connectivity index (χ0) is 23.3. The molecule has 1 unspecified atom stereocenters. The Labute approximate surface area is 190 Å². The summed E-state index contributed by atoms with van der Waals surface area (Å²) >= 11 is 0. The molecular formula is C24H25F2N5O2. The normalized spacial score (nSPS) is 17.7. The Morgan fingerprint density at radius 3 is 2.79 bits per heavy atom. The molecule has 1 aliphatic rings. The fourth-order valence-electron chi connectivity index (χ4n) is 4.04. The highest BCUT2D eigenvalue weighted by Gasteiger charge is 2.39. The molecule has 4 rings (SSSR count). The SMILES string of the molecule is O=C1CC[C@H](/C=C/C(O)C(F)(F)c2ccccc2)N1CCCc1cccc(-c2nnn[nH]2)c1. The number of nitrogens with one attached hydrogen (secondary N) is 1. The van der Waals surface area contributed by atoms with E-state index in [-0.39, 0.29) is 17.5 Å². The molecule has 3 aromatic rings. The molecule has 0 spiro atoms. The van der Waals surface area contributed by atoms with Crippen molar-refractivity contribution in [3.05, 3.63) is 77.9 Å². The number of aryl methyl sites for hydroxylation is 1. The summed E-state index contributed by atoms with van der Waals surface area (Å²) < 4.78 is 29.1. The molecule has 2 heterocycles. The number of tetrazole rings is 1. The number of hydrogen-bond acceptors (Lipinski definition) is 5. The van der Waals surface area contributed by atoms with Gasteiger partial charge in [-0.2, -0.15) is 8.78 Å². The van der Waals surface area contributed by atoms with Gasteiger partial charge in [-0.05, 0) is 41.3 Å². The molecule has 1 fully saturated rings. The lowest BCUT2D eigenvalue weighted by Crippen LogP contribution is -2.34. The van der Waals surface area contributed by atoms with Gasteiger partial charge in [-0.3, -0.25) is 4.79 Å². The first kappa shape index (κ1) is 22.7. The maximum absolute atomic E-state index is 14.5. The van der Waals surface area contributed by atoms with Gasteiger partial charge in [0.15, 0.2) is 5.82 Å². The summed E-state index contributed by atoms with van der Waals surface area (Å²) in [5, 5.41) is 23.9. The molecule has 0 bridgehead atoms. The van der Waals surface area contributed by atoms with Crippen LogP contribution in [0.4, 0.5) is 8.78 Å². The third-order valence-corrected chi connectivity index (χ3v) is 5.83. The number of likely N-dealkylation sites (tertiary alicyclic amines) is 1. The number of rotatable bonds is 9. The highest BCUT2D eigenvalue weighted by molar-refractivity contribution is 5.79. The number of carbonyl (C=O) groups excluding carboxylic acids is 1. The van der Waals surface area contributed by atoms with Crippen LogP contribution in [0.15, 0.2) is 66.7 Å². The number of aliphatic hydroxyl groups is 1. The second kappa shape index (κ2) is 9.99. The van der Waals surface area contributed by atoms with Crippen LogP contribution in [0.5, 0.6) is 0 Å². The van der Waals surface area contributed by atoms with Crippen molar-refractivity contribution in [2.24, 2.45) is 0 Å². The Kier molecular flexibility index (Phi) is 6.88. The zero-order valence-corrected chi connectivity index (χ0v) is 17.9. The van der Waals surface area contributed by atoms with Gasteiger partial charge in [-0.25, -0.2) is 5.10 Å². The second-order valence-electron chi connectivity index (χ2n) is 8.07. The summed E-state index contributed by atoms with van der Waals surface area (Å²) in [6, 6.07) is 14.8. The van der Waals surface area contributed by atoms with Crippen LogP contribution in [-0.2, 0) is 17.1 Å². The van der Waals surface area contributed by atoms with Crippen LogP contribution >= 0.6 is 0 Å². The highest BCUT2D eigenvalue weighted by Crippen LogP contribution is 2.32. The van der Waals surface area contributed by atoms with Crippen LogP contribution in [0.1, 0.15) is 30.4 Å². The Morgan fingerprint density at radius 1 is 1.21 bits per heavy atom. The van der Waals surface area contributed by atoms with Crippen molar-refractivity contribution in [2.45, 2.75) is 43.8 Å². The molecule has 1 aliphatic heterocycles. The number of halogens is 2. The molecule has 1 amide bonds. The van der Waals surface area contributed by atoms with Crippen molar-refractivity contribution >= 4 is 5.91 Å². The van der Waals surface area contributed by atoms with E-state index in [0.717, 1.165) is 30.0 Å². The number of amides is 1. The van der Waals surface area contributed by atoms with E-state index in [4.69, 9.17) is 0 Å². The maximum atomic E-state index is 14.5. The quantitative estimate of drug-likeness (QED) is 0.484. The summed E-state index contributed by atoms with van der Waals surface area (Å²) in [4.78, 5) is 14.1.